The van der Waals surface area contributed by atoms with Crippen LogP contribution in [0.3, 0.4) is 0 Å². The minimum atomic E-state index is -4.61. The third kappa shape index (κ3) is 31.7. The molecule has 0 spiro atoms. The Labute approximate surface area is 363 Å². The molecule has 1 heterocycles. The summed E-state index contributed by atoms with van der Waals surface area (Å²) < 4.78 is 54.0. The van der Waals surface area contributed by atoms with Crippen molar-refractivity contribution in [1.82, 2.24) is 0 Å². The Balaban J connectivity index is 2.47. The zero-order chi connectivity index (χ0) is 44.1. The molecular weight excluding hydrogens is 789 g/mol. The summed E-state index contributed by atoms with van der Waals surface area (Å²) in [6, 6.07) is 0. The highest BCUT2D eigenvalue weighted by molar-refractivity contribution is 7.85. The van der Waals surface area contributed by atoms with E-state index in [-0.39, 0.29) is 19.4 Å². The molecule has 1 aliphatic heterocycles. The largest absolute Gasteiger partial charge is 0.462 e. The van der Waals surface area contributed by atoms with Crippen molar-refractivity contribution in [2.24, 2.45) is 0 Å². The summed E-state index contributed by atoms with van der Waals surface area (Å²) in [6.07, 6.45) is 33.4. The van der Waals surface area contributed by atoms with Crippen LogP contribution in [0.15, 0.2) is 36.5 Å². The molecule has 0 saturated carbocycles. The van der Waals surface area contributed by atoms with Gasteiger partial charge in [0.1, 0.15) is 36.8 Å². The number of rotatable bonds is 39. The van der Waals surface area contributed by atoms with Gasteiger partial charge in [-0.15, -0.1) is 0 Å². The van der Waals surface area contributed by atoms with Gasteiger partial charge in [0.2, 0.25) is 0 Å². The minimum absolute atomic E-state index is 0.136. The van der Waals surface area contributed by atoms with Gasteiger partial charge in [-0.1, -0.05) is 153 Å². The number of carbonyl (C=O) groups excluding carboxylic acids is 2. The van der Waals surface area contributed by atoms with Crippen LogP contribution < -0.4 is 0 Å². The van der Waals surface area contributed by atoms with Crippen molar-refractivity contribution in [3.8, 4) is 0 Å². The van der Waals surface area contributed by atoms with Gasteiger partial charge in [0.15, 0.2) is 12.4 Å². The number of ether oxygens (including phenoxy) is 4. The van der Waals surface area contributed by atoms with E-state index in [2.05, 4.69) is 44.2 Å². The van der Waals surface area contributed by atoms with Crippen LogP contribution in [0.1, 0.15) is 194 Å². The van der Waals surface area contributed by atoms with Crippen LogP contribution in [-0.2, 0) is 38.7 Å². The van der Waals surface area contributed by atoms with Crippen molar-refractivity contribution >= 4 is 22.1 Å². The summed E-state index contributed by atoms with van der Waals surface area (Å²) >= 11 is 0. The highest BCUT2D eigenvalue weighted by atomic mass is 32.2. The SMILES string of the molecule is CCCCCCCCCC/C=C/CCCCCC(=O)O[C@H](COC(=O)CCC/C=C/C/C=C/CCCCCCCCCCC)CO[C@H]1O[C@H](CS(=O)(=O)O)[C@@H](O)C(O)C1O. The number of aliphatic hydroxyl groups excluding tert-OH is 3. The molecule has 60 heavy (non-hydrogen) atoms. The Hall–Kier alpha value is -2.13. The molecule has 1 aliphatic rings. The molecule has 0 aromatic rings. The lowest BCUT2D eigenvalue weighted by Gasteiger charge is -2.40. The summed E-state index contributed by atoms with van der Waals surface area (Å²) in [7, 11) is -4.61. The monoisotopic (exact) mass is 873 g/mol. The molecular formula is C47H84O12S. The van der Waals surface area contributed by atoms with Crippen LogP contribution in [0.5, 0.6) is 0 Å². The van der Waals surface area contributed by atoms with Crippen LogP contribution in [0.2, 0.25) is 0 Å². The van der Waals surface area contributed by atoms with Gasteiger partial charge in [-0.25, -0.2) is 0 Å². The molecule has 1 rings (SSSR count). The van der Waals surface area contributed by atoms with Gasteiger partial charge in [0, 0.05) is 12.8 Å². The van der Waals surface area contributed by atoms with Crippen LogP contribution in [0.4, 0.5) is 0 Å². The lowest BCUT2D eigenvalue weighted by atomic mass is 10.00. The summed E-state index contributed by atoms with van der Waals surface area (Å²) in [4.78, 5) is 25.4. The summed E-state index contributed by atoms with van der Waals surface area (Å²) in [5.74, 6) is -2.06. The minimum Gasteiger partial charge on any atom is -0.462 e. The first-order valence-electron chi connectivity index (χ1n) is 23.5. The van der Waals surface area contributed by atoms with E-state index in [1.807, 2.05) is 6.08 Å². The standard InChI is InChI=1S/C47H84O12S/c1-3-5-7-9-11-13-15-17-19-20-22-23-25-27-29-31-33-35-42(48)56-37-40(38-57-47-46(52)45(51)44(50)41(59-47)39-60(53,54)55)58-43(49)36-34-32-30-28-26-24-21-18-16-14-12-10-8-6-4-2/h22-24,26-27,29,40-41,44-47,50-52H,3-21,25,28,30-39H2,1-2H3,(H,53,54,55)/b23-22+,26-24+,29-27+/t40-,41-,44-,45?,46?,47+/m1/s1. The van der Waals surface area contributed by atoms with Crippen LogP contribution >= 0.6 is 0 Å². The average molecular weight is 873 g/mol. The first-order valence-corrected chi connectivity index (χ1v) is 25.2. The van der Waals surface area contributed by atoms with Crippen LogP contribution in [0, 0.1) is 0 Å². The first-order chi connectivity index (χ1) is 29.0. The average Bonchev–Trinajstić information content (AvgIpc) is 3.21. The van der Waals surface area contributed by atoms with E-state index >= 15 is 0 Å². The van der Waals surface area contributed by atoms with Crippen LogP contribution in [-0.4, -0.2) is 96.0 Å². The number of esters is 2. The highest BCUT2D eigenvalue weighted by Crippen LogP contribution is 2.24. The van der Waals surface area contributed by atoms with Crippen molar-refractivity contribution in [2.45, 2.75) is 230 Å². The molecule has 0 bridgehead atoms. The Morgan fingerprint density at radius 2 is 1.02 bits per heavy atom. The molecule has 4 N–H and O–H groups in total. The number of aliphatic hydroxyl groups is 3. The molecule has 6 atom stereocenters. The summed E-state index contributed by atoms with van der Waals surface area (Å²) in [5.41, 5.74) is 0. The van der Waals surface area contributed by atoms with Gasteiger partial charge >= 0.3 is 11.9 Å². The molecule has 350 valence electrons. The van der Waals surface area contributed by atoms with E-state index in [1.54, 1.807) is 0 Å². The third-order valence-corrected chi connectivity index (χ3v) is 11.4. The predicted octanol–water partition coefficient (Wildman–Crippen LogP) is 9.78. The normalized spacial score (nSPS) is 20.4. The van der Waals surface area contributed by atoms with Crippen molar-refractivity contribution in [2.75, 3.05) is 19.0 Å². The van der Waals surface area contributed by atoms with Crippen molar-refractivity contribution in [1.29, 1.82) is 0 Å². The zero-order valence-electron chi connectivity index (χ0n) is 37.3. The second-order valence-electron chi connectivity index (χ2n) is 16.4. The lowest BCUT2D eigenvalue weighted by molar-refractivity contribution is -0.297. The number of carbonyl (C=O) groups is 2. The second-order valence-corrected chi connectivity index (χ2v) is 17.9. The fourth-order valence-corrected chi connectivity index (χ4v) is 7.70. The maximum Gasteiger partial charge on any atom is 0.306 e. The number of unbranched alkanes of at least 4 members (excludes halogenated alkanes) is 21. The van der Waals surface area contributed by atoms with E-state index in [4.69, 9.17) is 18.9 Å². The van der Waals surface area contributed by atoms with Gasteiger partial charge in [-0.2, -0.15) is 8.42 Å². The molecule has 1 saturated heterocycles. The van der Waals surface area contributed by atoms with E-state index < -0.39 is 71.2 Å². The molecule has 2 unspecified atom stereocenters. The zero-order valence-corrected chi connectivity index (χ0v) is 38.1. The van der Waals surface area contributed by atoms with Crippen molar-refractivity contribution in [3.05, 3.63) is 36.5 Å². The fourth-order valence-electron chi connectivity index (χ4n) is 7.00. The van der Waals surface area contributed by atoms with E-state index in [9.17, 15) is 37.9 Å². The predicted molar refractivity (Wildman–Crippen MR) is 238 cm³/mol. The van der Waals surface area contributed by atoms with Gasteiger partial charge in [-0.3, -0.25) is 14.1 Å². The Morgan fingerprint density at radius 3 is 1.53 bits per heavy atom. The Bertz CT molecular complexity index is 1250. The molecule has 13 heteroatoms. The smallest absolute Gasteiger partial charge is 0.306 e. The van der Waals surface area contributed by atoms with Gasteiger partial charge < -0.3 is 34.3 Å². The number of allylic oxidation sites excluding steroid dienone is 6. The van der Waals surface area contributed by atoms with Crippen LogP contribution in [0.25, 0.3) is 0 Å². The number of hydrogen-bond donors (Lipinski definition) is 4. The molecule has 12 nitrogen and oxygen atoms in total. The second kappa shape index (κ2) is 37.4. The van der Waals surface area contributed by atoms with E-state index in [1.165, 1.54) is 109 Å². The summed E-state index contributed by atoms with van der Waals surface area (Å²) in [5, 5.41) is 30.9. The topological polar surface area (TPSA) is 186 Å². The molecule has 0 aromatic heterocycles. The van der Waals surface area contributed by atoms with Gasteiger partial charge in [-0.05, 0) is 64.2 Å². The van der Waals surface area contributed by atoms with E-state index in [0.29, 0.717) is 19.3 Å². The van der Waals surface area contributed by atoms with E-state index in [0.717, 1.165) is 38.5 Å². The maximum atomic E-state index is 12.8. The molecule has 1 fully saturated rings. The molecule has 0 amide bonds. The Morgan fingerprint density at radius 1 is 0.567 bits per heavy atom. The quantitative estimate of drug-likeness (QED) is 0.0199. The molecule has 0 radical (unpaired) electrons. The molecule has 0 aliphatic carbocycles. The highest BCUT2D eigenvalue weighted by Gasteiger charge is 2.46. The maximum absolute atomic E-state index is 12.8. The van der Waals surface area contributed by atoms with Crippen molar-refractivity contribution in [3.63, 3.8) is 0 Å². The number of hydrogen-bond acceptors (Lipinski definition) is 11. The fraction of sp³-hybridized carbons (Fsp3) is 0.830. The van der Waals surface area contributed by atoms with Crippen molar-refractivity contribution < 1.29 is 56.8 Å². The summed E-state index contributed by atoms with van der Waals surface area (Å²) in [6.45, 7) is 3.71. The van der Waals surface area contributed by atoms with Gasteiger partial charge in [0.25, 0.3) is 10.1 Å². The first kappa shape index (κ1) is 55.9. The third-order valence-electron chi connectivity index (χ3n) is 10.7. The molecule has 0 aromatic carbocycles. The lowest BCUT2D eigenvalue weighted by Crippen LogP contribution is -2.60. The Kier molecular flexibility index (Phi) is 34.9. The van der Waals surface area contributed by atoms with Gasteiger partial charge in [0.05, 0.1) is 6.61 Å².